The fourth-order valence-electron chi connectivity index (χ4n) is 2.93. The number of furan rings is 1. The summed E-state index contributed by atoms with van der Waals surface area (Å²) in [5.41, 5.74) is 2.85. The molecule has 1 aromatic carbocycles. The molecule has 146 valence electrons. The van der Waals surface area contributed by atoms with Crippen molar-refractivity contribution in [2.24, 2.45) is 0 Å². The first-order chi connectivity index (χ1) is 14.0. The van der Waals surface area contributed by atoms with Crippen LogP contribution in [0.3, 0.4) is 0 Å². The summed E-state index contributed by atoms with van der Waals surface area (Å²) < 4.78 is 11.9. The number of carbonyl (C=O) groups is 2. The van der Waals surface area contributed by atoms with Gasteiger partial charge in [0.25, 0.3) is 0 Å². The van der Waals surface area contributed by atoms with Crippen molar-refractivity contribution < 1.29 is 18.7 Å². The Morgan fingerprint density at radius 2 is 2.03 bits per heavy atom. The monoisotopic (exact) mass is 390 g/mol. The Labute approximate surface area is 166 Å². The smallest absolute Gasteiger partial charge is 0.411 e. The lowest BCUT2D eigenvalue weighted by Gasteiger charge is -2.11. The van der Waals surface area contributed by atoms with Gasteiger partial charge in [-0.3, -0.25) is 10.1 Å². The average Bonchev–Trinajstić information content (AvgIpc) is 3.37. The first-order valence-corrected chi connectivity index (χ1v) is 9.02. The molecule has 0 radical (unpaired) electrons. The SMILES string of the molecule is CC(C)OC(=O)Nc1cccc(-c2ccnc3c(C(=O)c4ccco4)cnn23)c1. The molecule has 1 amide bonds. The molecule has 4 aromatic rings. The van der Waals surface area contributed by atoms with Crippen molar-refractivity contribution in [3.63, 3.8) is 0 Å². The predicted molar refractivity (Wildman–Crippen MR) is 106 cm³/mol. The van der Waals surface area contributed by atoms with Gasteiger partial charge in [-0.05, 0) is 44.2 Å². The number of hydrogen-bond acceptors (Lipinski definition) is 6. The van der Waals surface area contributed by atoms with Crippen molar-refractivity contribution in [1.29, 1.82) is 0 Å². The molecule has 0 saturated carbocycles. The summed E-state index contributed by atoms with van der Waals surface area (Å²) in [5, 5.41) is 7.04. The largest absolute Gasteiger partial charge is 0.461 e. The molecule has 0 unspecified atom stereocenters. The van der Waals surface area contributed by atoms with Gasteiger partial charge in [0.15, 0.2) is 11.4 Å². The maximum absolute atomic E-state index is 12.6. The quantitative estimate of drug-likeness (QED) is 0.513. The Morgan fingerprint density at radius 3 is 2.79 bits per heavy atom. The molecule has 3 aromatic heterocycles. The lowest BCUT2D eigenvalue weighted by molar-refractivity contribution is 0.101. The van der Waals surface area contributed by atoms with E-state index < -0.39 is 6.09 Å². The molecule has 3 heterocycles. The summed E-state index contributed by atoms with van der Waals surface area (Å²) in [4.78, 5) is 28.8. The van der Waals surface area contributed by atoms with Gasteiger partial charge in [-0.15, -0.1) is 0 Å². The molecule has 0 spiro atoms. The number of ketones is 1. The Balaban J connectivity index is 1.69. The molecule has 0 atom stereocenters. The van der Waals surface area contributed by atoms with E-state index in [1.807, 2.05) is 12.1 Å². The van der Waals surface area contributed by atoms with Gasteiger partial charge in [0.05, 0.1) is 29.8 Å². The minimum Gasteiger partial charge on any atom is -0.461 e. The van der Waals surface area contributed by atoms with Crippen LogP contribution < -0.4 is 5.32 Å². The van der Waals surface area contributed by atoms with Crippen LogP contribution >= 0.6 is 0 Å². The van der Waals surface area contributed by atoms with Crippen molar-refractivity contribution in [2.75, 3.05) is 5.32 Å². The number of hydrogen-bond donors (Lipinski definition) is 1. The fourth-order valence-corrected chi connectivity index (χ4v) is 2.93. The standard InChI is InChI=1S/C21H18N4O4/c1-13(2)29-21(27)24-15-6-3-5-14(11-15)17-8-9-22-20-16(12-23-25(17)20)19(26)18-7-4-10-28-18/h3-13H,1-2H3,(H,24,27). The maximum Gasteiger partial charge on any atom is 0.411 e. The van der Waals surface area contributed by atoms with Gasteiger partial charge in [0.2, 0.25) is 5.78 Å². The van der Waals surface area contributed by atoms with Crippen LogP contribution in [0.4, 0.5) is 10.5 Å². The van der Waals surface area contributed by atoms with Gasteiger partial charge in [-0.1, -0.05) is 12.1 Å². The number of aromatic nitrogens is 3. The topological polar surface area (TPSA) is 98.7 Å². The summed E-state index contributed by atoms with van der Waals surface area (Å²) in [6, 6.07) is 12.3. The first kappa shape index (κ1) is 18.4. The zero-order valence-electron chi connectivity index (χ0n) is 15.8. The normalized spacial score (nSPS) is 11.0. The molecule has 8 heteroatoms. The zero-order valence-corrected chi connectivity index (χ0v) is 15.8. The van der Waals surface area contributed by atoms with E-state index in [0.29, 0.717) is 16.9 Å². The second-order valence-electron chi connectivity index (χ2n) is 6.59. The molecular weight excluding hydrogens is 372 g/mol. The summed E-state index contributed by atoms with van der Waals surface area (Å²) in [7, 11) is 0. The van der Waals surface area contributed by atoms with E-state index >= 15 is 0 Å². The third-order valence-corrected chi connectivity index (χ3v) is 4.14. The van der Waals surface area contributed by atoms with Crippen LogP contribution in [-0.4, -0.2) is 32.6 Å². The molecule has 0 aliphatic heterocycles. The van der Waals surface area contributed by atoms with Crippen molar-refractivity contribution >= 4 is 23.2 Å². The zero-order chi connectivity index (χ0) is 20.4. The van der Waals surface area contributed by atoms with Crippen molar-refractivity contribution in [2.45, 2.75) is 20.0 Å². The number of anilines is 1. The van der Waals surface area contributed by atoms with E-state index in [2.05, 4.69) is 15.4 Å². The first-order valence-electron chi connectivity index (χ1n) is 9.02. The molecule has 0 saturated heterocycles. The summed E-state index contributed by atoms with van der Waals surface area (Å²) in [6.07, 6.45) is 3.78. The Morgan fingerprint density at radius 1 is 1.17 bits per heavy atom. The highest BCUT2D eigenvalue weighted by molar-refractivity contribution is 6.10. The van der Waals surface area contributed by atoms with Crippen molar-refractivity contribution in [3.8, 4) is 11.3 Å². The van der Waals surface area contributed by atoms with Gasteiger partial charge >= 0.3 is 6.09 Å². The van der Waals surface area contributed by atoms with E-state index in [1.54, 1.807) is 54.9 Å². The molecular formula is C21H18N4O4. The minimum absolute atomic E-state index is 0.216. The molecule has 0 fully saturated rings. The number of rotatable bonds is 5. The van der Waals surface area contributed by atoms with E-state index in [0.717, 1.165) is 11.3 Å². The lowest BCUT2D eigenvalue weighted by Crippen LogP contribution is -2.17. The highest BCUT2D eigenvalue weighted by atomic mass is 16.6. The van der Waals surface area contributed by atoms with Crippen LogP contribution in [0.1, 0.15) is 30.0 Å². The van der Waals surface area contributed by atoms with Crippen molar-refractivity contribution in [1.82, 2.24) is 14.6 Å². The second kappa shape index (κ2) is 7.59. The van der Waals surface area contributed by atoms with Gasteiger partial charge in [0, 0.05) is 17.4 Å². The van der Waals surface area contributed by atoms with E-state index in [9.17, 15) is 9.59 Å². The van der Waals surface area contributed by atoms with Crippen LogP contribution in [-0.2, 0) is 4.74 Å². The maximum atomic E-state index is 12.6. The minimum atomic E-state index is -0.526. The van der Waals surface area contributed by atoms with Gasteiger partial charge in [-0.25, -0.2) is 14.3 Å². The van der Waals surface area contributed by atoms with Crippen LogP contribution in [0.5, 0.6) is 0 Å². The number of benzene rings is 1. The molecule has 0 aliphatic carbocycles. The van der Waals surface area contributed by atoms with E-state index in [1.165, 1.54) is 12.5 Å². The Bertz CT molecular complexity index is 1180. The number of carbonyl (C=O) groups excluding carboxylic acids is 2. The lowest BCUT2D eigenvalue weighted by atomic mass is 10.1. The second-order valence-corrected chi connectivity index (χ2v) is 6.59. The number of amides is 1. The number of fused-ring (bicyclic) bond motifs is 1. The fraction of sp³-hybridized carbons (Fsp3) is 0.143. The highest BCUT2D eigenvalue weighted by Crippen LogP contribution is 2.25. The third-order valence-electron chi connectivity index (χ3n) is 4.14. The van der Waals surface area contributed by atoms with E-state index in [-0.39, 0.29) is 17.6 Å². The average molecular weight is 390 g/mol. The summed E-state index contributed by atoms with van der Waals surface area (Å²) in [6.45, 7) is 3.56. The Hall–Kier alpha value is -3.94. The van der Waals surface area contributed by atoms with Crippen LogP contribution in [0, 0.1) is 0 Å². The van der Waals surface area contributed by atoms with Gasteiger partial charge in [-0.2, -0.15) is 5.10 Å². The third kappa shape index (κ3) is 3.73. The molecule has 0 aliphatic rings. The number of nitrogens with one attached hydrogen (secondary N) is 1. The van der Waals surface area contributed by atoms with E-state index in [4.69, 9.17) is 9.15 Å². The van der Waals surface area contributed by atoms with Crippen LogP contribution in [0.2, 0.25) is 0 Å². The predicted octanol–water partition coefficient (Wildman–Crippen LogP) is 4.18. The molecule has 4 rings (SSSR count). The molecule has 8 nitrogen and oxygen atoms in total. The van der Waals surface area contributed by atoms with Gasteiger partial charge < -0.3 is 9.15 Å². The molecule has 1 N–H and O–H groups in total. The summed E-state index contributed by atoms with van der Waals surface area (Å²) >= 11 is 0. The number of ether oxygens (including phenoxy) is 1. The highest BCUT2D eigenvalue weighted by Gasteiger charge is 2.19. The molecule has 29 heavy (non-hydrogen) atoms. The van der Waals surface area contributed by atoms with Crippen LogP contribution in [0.25, 0.3) is 16.9 Å². The van der Waals surface area contributed by atoms with Gasteiger partial charge in [0.1, 0.15) is 0 Å². The molecule has 0 bridgehead atoms. The Kier molecular flexibility index (Phi) is 4.82. The van der Waals surface area contributed by atoms with Crippen LogP contribution in [0.15, 0.2) is 65.5 Å². The summed E-state index contributed by atoms with van der Waals surface area (Å²) in [5.74, 6) is -0.0662. The number of nitrogens with zero attached hydrogens (tertiary/aromatic N) is 3. The van der Waals surface area contributed by atoms with Crippen molar-refractivity contribution in [3.05, 3.63) is 72.4 Å².